The van der Waals surface area contributed by atoms with Crippen molar-refractivity contribution in [3.05, 3.63) is 11.6 Å². The van der Waals surface area contributed by atoms with Gasteiger partial charge in [-0.15, -0.1) is 0 Å². The van der Waals surface area contributed by atoms with Crippen LogP contribution in [0.3, 0.4) is 0 Å². The van der Waals surface area contributed by atoms with E-state index in [-0.39, 0.29) is 34.6 Å². The number of Topliss-reactive ketones (excluding diaryl/α,β-unsaturated/α-hetero) is 1. The Kier molecular flexibility index (Phi) is 5.74. The van der Waals surface area contributed by atoms with Crippen LogP contribution in [0.2, 0.25) is 0 Å². The van der Waals surface area contributed by atoms with E-state index in [9.17, 15) is 14.4 Å². The highest BCUT2D eigenvalue weighted by Gasteiger charge is 2.45. The number of benzene rings is 1. The number of fused-ring (bicyclic) bond motifs is 1. The molecule has 8 nitrogen and oxygen atoms in total. The van der Waals surface area contributed by atoms with Crippen molar-refractivity contribution < 1.29 is 33.3 Å². The molecule has 0 aliphatic carbocycles. The van der Waals surface area contributed by atoms with Crippen molar-refractivity contribution in [1.29, 1.82) is 0 Å². The number of carbonyl (C=O) groups is 3. The molecule has 142 valence electrons. The summed E-state index contributed by atoms with van der Waals surface area (Å²) in [5, 5.41) is 0. The minimum Gasteiger partial charge on any atom is -0.493 e. The number of ether oxygens (including phenoxy) is 4. The highest BCUT2D eigenvalue weighted by atomic mass is 16.5. The lowest BCUT2D eigenvalue weighted by Crippen LogP contribution is -2.44. The lowest BCUT2D eigenvalue weighted by Gasteiger charge is -2.25. The molecule has 2 rings (SSSR count). The molecule has 0 bridgehead atoms. The molecule has 0 saturated carbocycles. The second kappa shape index (κ2) is 7.63. The Hall–Kier alpha value is -2.77. The highest BCUT2D eigenvalue weighted by molar-refractivity contribution is 6.53. The molecule has 0 radical (unpaired) electrons. The topological polar surface area (TPSA) is 91.4 Å². The van der Waals surface area contributed by atoms with Gasteiger partial charge >= 0.3 is 5.97 Å². The quantitative estimate of drug-likeness (QED) is 0.539. The molecule has 0 N–H and O–H groups in total. The summed E-state index contributed by atoms with van der Waals surface area (Å²) in [4.78, 5) is 38.6. The molecule has 1 aromatic carbocycles. The fourth-order valence-electron chi connectivity index (χ4n) is 2.75. The SMILES string of the molecule is CCC(C)OC(=O)C(C)N1C(=O)C(=O)c2c1cc(OC)c(OC)c2OC. The fraction of sp³-hybridized carbons (Fsp3) is 0.500. The van der Waals surface area contributed by atoms with E-state index < -0.39 is 23.7 Å². The largest absolute Gasteiger partial charge is 0.493 e. The number of anilines is 1. The average molecular weight is 365 g/mol. The van der Waals surface area contributed by atoms with Gasteiger partial charge in [-0.2, -0.15) is 0 Å². The Labute approximate surface area is 152 Å². The molecular weight excluding hydrogens is 342 g/mol. The first kappa shape index (κ1) is 19.6. The van der Waals surface area contributed by atoms with Gasteiger partial charge in [-0.05, 0) is 20.3 Å². The van der Waals surface area contributed by atoms with E-state index in [1.807, 2.05) is 6.92 Å². The highest BCUT2D eigenvalue weighted by Crippen LogP contribution is 2.48. The van der Waals surface area contributed by atoms with Crippen molar-refractivity contribution in [1.82, 2.24) is 0 Å². The molecular formula is C18H23NO7. The number of amides is 1. The van der Waals surface area contributed by atoms with E-state index in [1.165, 1.54) is 34.3 Å². The Morgan fingerprint density at radius 3 is 2.19 bits per heavy atom. The van der Waals surface area contributed by atoms with Gasteiger partial charge in [0.25, 0.3) is 11.7 Å². The summed E-state index contributed by atoms with van der Waals surface area (Å²) >= 11 is 0. The molecule has 2 unspecified atom stereocenters. The maximum atomic E-state index is 12.6. The van der Waals surface area contributed by atoms with Gasteiger partial charge in [-0.3, -0.25) is 14.5 Å². The van der Waals surface area contributed by atoms with Gasteiger partial charge in [0.05, 0.1) is 38.7 Å². The van der Waals surface area contributed by atoms with Crippen LogP contribution in [-0.2, 0) is 14.3 Å². The average Bonchev–Trinajstić information content (AvgIpc) is 2.89. The number of hydrogen-bond donors (Lipinski definition) is 0. The molecule has 1 aromatic rings. The molecule has 8 heteroatoms. The maximum Gasteiger partial charge on any atom is 0.329 e. The number of nitrogens with zero attached hydrogens (tertiary/aromatic N) is 1. The van der Waals surface area contributed by atoms with E-state index in [2.05, 4.69) is 0 Å². The lowest BCUT2D eigenvalue weighted by molar-refractivity contribution is -0.150. The third-order valence-electron chi connectivity index (χ3n) is 4.33. The van der Waals surface area contributed by atoms with E-state index >= 15 is 0 Å². The van der Waals surface area contributed by atoms with Gasteiger partial charge in [0, 0.05) is 6.07 Å². The molecule has 0 aromatic heterocycles. The zero-order chi connectivity index (χ0) is 19.6. The Morgan fingerprint density at radius 1 is 1.08 bits per heavy atom. The first-order chi connectivity index (χ1) is 12.3. The smallest absolute Gasteiger partial charge is 0.329 e. The van der Waals surface area contributed by atoms with Crippen LogP contribution >= 0.6 is 0 Å². The molecule has 1 heterocycles. The second-order valence-electron chi connectivity index (χ2n) is 5.88. The first-order valence-electron chi connectivity index (χ1n) is 8.23. The summed E-state index contributed by atoms with van der Waals surface area (Å²) < 4.78 is 21.1. The molecule has 2 atom stereocenters. The van der Waals surface area contributed by atoms with Crippen LogP contribution in [-0.4, -0.2) is 51.1 Å². The van der Waals surface area contributed by atoms with Gasteiger partial charge < -0.3 is 18.9 Å². The van der Waals surface area contributed by atoms with Crippen LogP contribution < -0.4 is 19.1 Å². The summed E-state index contributed by atoms with van der Waals surface area (Å²) in [5.74, 6) is -1.64. The van der Waals surface area contributed by atoms with Crippen molar-refractivity contribution in [2.75, 3.05) is 26.2 Å². The number of rotatable bonds is 7. The van der Waals surface area contributed by atoms with Crippen molar-refractivity contribution >= 4 is 23.3 Å². The number of hydrogen-bond acceptors (Lipinski definition) is 7. The van der Waals surface area contributed by atoms with Crippen molar-refractivity contribution in [2.45, 2.75) is 39.3 Å². The molecule has 0 fully saturated rings. The van der Waals surface area contributed by atoms with Crippen LogP contribution in [0.25, 0.3) is 0 Å². The van der Waals surface area contributed by atoms with Crippen LogP contribution in [0.4, 0.5) is 5.69 Å². The van der Waals surface area contributed by atoms with Crippen LogP contribution in [0, 0.1) is 0 Å². The second-order valence-corrected chi connectivity index (χ2v) is 5.88. The fourth-order valence-corrected chi connectivity index (χ4v) is 2.75. The number of ketones is 1. The van der Waals surface area contributed by atoms with Crippen LogP contribution in [0.5, 0.6) is 17.2 Å². The Balaban J connectivity index is 2.56. The van der Waals surface area contributed by atoms with E-state index in [1.54, 1.807) is 6.92 Å². The van der Waals surface area contributed by atoms with Crippen molar-refractivity contribution in [3.8, 4) is 17.2 Å². The standard InChI is InChI=1S/C18H23NO7/c1-7-9(2)26-18(22)10(3)19-11-8-12(23-4)15(24-5)16(25-6)13(11)14(20)17(19)21/h8-10H,7H2,1-6H3. The summed E-state index contributed by atoms with van der Waals surface area (Å²) in [7, 11) is 4.18. The number of carbonyl (C=O) groups excluding carboxylic acids is 3. The van der Waals surface area contributed by atoms with Gasteiger partial charge in [-0.1, -0.05) is 6.92 Å². The molecule has 1 amide bonds. The molecule has 0 spiro atoms. The zero-order valence-electron chi connectivity index (χ0n) is 15.7. The van der Waals surface area contributed by atoms with E-state index in [0.29, 0.717) is 6.42 Å². The third kappa shape index (κ3) is 3.07. The first-order valence-corrected chi connectivity index (χ1v) is 8.23. The van der Waals surface area contributed by atoms with Gasteiger partial charge in [0.2, 0.25) is 5.75 Å². The summed E-state index contributed by atoms with van der Waals surface area (Å²) in [6, 6.07) is 0.497. The molecule has 26 heavy (non-hydrogen) atoms. The predicted molar refractivity (Wildman–Crippen MR) is 93.2 cm³/mol. The van der Waals surface area contributed by atoms with Crippen LogP contribution in [0.15, 0.2) is 6.07 Å². The maximum absolute atomic E-state index is 12.6. The van der Waals surface area contributed by atoms with E-state index in [4.69, 9.17) is 18.9 Å². The van der Waals surface area contributed by atoms with Crippen LogP contribution in [0.1, 0.15) is 37.6 Å². The van der Waals surface area contributed by atoms with Gasteiger partial charge in [-0.25, -0.2) is 4.79 Å². The normalized spacial score (nSPS) is 15.4. The monoisotopic (exact) mass is 365 g/mol. The Bertz CT molecular complexity index is 744. The Morgan fingerprint density at radius 2 is 1.69 bits per heavy atom. The predicted octanol–water partition coefficient (Wildman–Crippen LogP) is 1.97. The zero-order valence-corrected chi connectivity index (χ0v) is 15.7. The summed E-state index contributed by atoms with van der Waals surface area (Å²) in [6.07, 6.45) is 0.346. The molecule has 1 aliphatic rings. The summed E-state index contributed by atoms with van der Waals surface area (Å²) in [6.45, 7) is 5.14. The van der Waals surface area contributed by atoms with Crippen molar-refractivity contribution in [3.63, 3.8) is 0 Å². The van der Waals surface area contributed by atoms with Crippen molar-refractivity contribution in [2.24, 2.45) is 0 Å². The number of esters is 1. The number of methoxy groups -OCH3 is 3. The third-order valence-corrected chi connectivity index (χ3v) is 4.33. The minimum atomic E-state index is -0.982. The minimum absolute atomic E-state index is 0.0401. The molecule has 0 saturated heterocycles. The van der Waals surface area contributed by atoms with Gasteiger partial charge in [0.15, 0.2) is 11.5 Å². The molecule has 1 aliphatic heterocycles. The van der Waals surface area contributed by atoms with Gasteiger partial charge in [0.1, 0.15) is 6.04 Å². The van der Waals surface area contributed by atoms with E-state index in [0.717, 1.165) is 4.90 Å². The lowest BCUT2D eigenvalue weighted by atomic mass is 10.1. The summed E-state index contributed by atoms with van der Waals surface area (Å²) in [5.41, 5.74) is 0.265.